The molecule has 1 aliphatic heterocycles. The van der Waals surface area contributed by atoms with Gasteiger partial charge >= 0.3 is 0 Å². The Morgan fingerprint density at radius 1 is 0.794 bits per heavy atom. The van der Waals surface area contributed by atoms with Crippen molar-refractivity contribution in [3.63, 3.8) is 0 Å². The highest BCUT2D eigenvalue weighted by Gasteiger charge is 2.28. The van der Waals surface area contributed by atoms with Crippen molar-refractivity contribution >= 4 is 15.9 Å². The zero-order valence-corrected chi connectivity index (χ0v) is 19.3. The first-order valence-electron chi connectivity index (χ1n) is 10.9. The van der Waals surface area contributed by atoms with Crippen LogP contribution in [0.1, 0.15) is 6.42 Å². The summed E-state index contributed by atoms with van der Waals surface area (Å²) in [6.07, 6.45) is 0.498. The van der Waals surface area contributed by atoms with Crippen molar-refractivity contribution in [3.05, 3.63) is 84.7 Å². The second-order valence-corrected chi connectivity index (χ2v) is 9.71. The predicted octanol–water partition coefficient (Wildman–Crippen LogP) is 3.92. The van der Waals surface area contributed by atoms with E-state index in [4.69, 9.17) is 9.47 Å². The highest BCUT2D eigenvalue weighted by molar-refractivity contribution is 7.89. The molecule has 1 saturated heterocycles. The van der Waals surface area contributed by atoms with E-state index in [0.717, 1.165) is 17.9 Å². The molecule has 3 aromatic carbocycles. The zero-order valence-electron chi connectivity index (χ0n) is 18.5. The minimum Gasteiger partial charge on any atom is -0.484 e. The molecule has 9 heteroatoms. The van der Waals surface area contributed by atoms with Crippen molar-refractivity contribution in [1.29, 1.82) is 0 Å². The Morgan fingerprint density at radius 3 is 2.15 bits per heavy atom. The van der Waals surface area contributed by atoms with Crippen LogP contribution in [-0.2, 0) is 14.8 Å². The fourth-order valence-electron chi connectivity index (χ4n) is 3.60. The SMILES string of the molecule is O=C(COc1ccc(Oc2ccccc2)cc1)N1CCCN(S(=O)(=O)c2ccc(F)cc2)CC1. The Morgan fingerprint density at radius 2 is 1.44 bits per heavy atom. The smallest absolute Gasteiger partial charge is 0.260 e. The summed E-state index contributed by atoms with van der Waals surface area (Å²) in [4.78, 5) is 14.3. The van der Waals surface area contributed by atoms with Crippen LogP contribution in [0.25, 0.3) is 0 Å². The molecule has 4 rings (SSSR count). The van der Waals surface area contributed by atoms with Gasteiger partial charge in [-0.1, -0.05) is 18.2 Å². The monoisotopic (exact) mass is 484 g/mol. The standard InChI is InChI=1S/C25H25FN2O5S/c26-20-7-13-24(14-8-20)34(30,31)28-16-4-15-27(17-18-28)25(29)19-32-21-9-11-23(12-10-21)33-22-5-2-1-3-6-22/h1-3,5-14H,4,15-19H2. The number of hydrogen-bond donors (Lipinski definition) is 0. The molecule has 1 amide bonds. The molecule has 0 aromatic heterocycles. The van der Waals surface area contributed by atoms with Gasteiger partial charge in [-0.3, -0.25) is 4.79 Å². The Kier molecular flexibility index (Phi) is 7.44. The normalized spacial score (nSPS) is 14.9. The molecule has 178 valence electrons. The molecule has 1 aliphatic rings. The van der Waals surface area contributed by atoms with Gasteiger partial charge in [0.1, 0.15) is 23.1 Å². The molecule has 1 fully saturated rings. The van der Waals surface area contributed by atoms with Gasteiger partial charge in [-0.2, -0.15) is 4.31 Å². The number of amides is 1. The largest absolute Gasteiger partial charge is 0.484 e. The molecule has 0 N–H and O–H groups in total. The van der Waals surface area contributed by atoms with Crippen LogP contribution < -0.4 is 9.47 Å². The average molecular weight is 485 g/mol. The van der Waals surface area contributed by atoms with Crippen molar-refractivity contribution < 1.29 is 27.1 Å². The summed E-state index contributed by atoms with van der Waals surface area (Å²) in [7, 11) is -3.75. The van der Waals surface area contributed by atoms with Gasteiger partial charge in [-0.05, 0) is 67.1 Å². The van der Waals surface area contributed by atoms with E-state index in [-0.39, 0.29) is 37.0 Å². The predicted molar refractivity (Wildman–Crippen MR) is 125 cm³/mol. The van der Waals surface area contributed by atoms with Crippen LogP contribution in [0.15, 0.2) is 83.8 Å². The lowest BCUT2D eigenvalue weighted by atomic mass is 10.3. The van der Waals surface area contributed by atoms with Crippen LogP contribution in [0, 0.1) is 5.82 Å². The topological polar surface area (TPSA) is 76.2 Å². The average Bonchev–Trinajstić information content (AvgIpc) is 3.11. The van der Waals surface area contributed by atoms with E-state index >= 15 is 0 Å². The number of carbonyl (C=O) groups excluding carboxylic acids is 1. The molecule has 0 atom stereocenters. The molecule has 0 spiro atoms. The number of para-hydroxylation sites is 1. The maximum Gasteiger partial charge on any atom is 0.260 e. The van der Waals surface area contributed by atoms with Crippen molar-refractivity contribution in [3.8, 4) is 17.2 Å². The third-order valence-corrected chi connectivity index (χ3v) is 7.34. The molecule has 0 saturated carbocycles. The van der Waals surface area contributed by atoms with E-state index in [1.54, 1.807) is 29.2 Å². The molecule has 0 aliphatic carbocycles. The first-order chi connectivity index (χ1) is 16.4. The number of sulfonamides is 1. The van der Waals surface area contributed by atoms with Gasteiger partial charge in [-0.15, -0.1) is 0 Å². The maximum absolute atomic E-state index is 13.2. The van der Waals surface area contributed by atoms with Crippen LogP contribution in [0.4, 0.5) is 4.39 Å². The zero-order chi connectivity index (χ0) is 24.0. The molecular weight excluding hydrogens is 459 g/mol. The lowest BCUT2D eigenvalue weighted by Crippen LogP contribution is -2.39. The Hall–Kier alpha value is -3.43. The van der Waals surface area contributed by atoms with Crippen LogP contribution in [-0.4, -0.2) is 56.3 Å². The highest BCUT2D eigenvalue weighted by Crippen LogP contribution is 2.24. The molecule has 0 bridgehead atoms. The molecule has 34 heavy (non-hydrogen) atoms. The summed E-state index contributed by atoms with van der Waals surface area (Å²) in [5, 5.41) is 0. The molecule has 7 nitrogen and oxygen atoms in total. The third kappa shape index (κ3) is 5.92. The first-order valence-corrected chi connectivity index (χ1v) is 12.3. The molecule has 1 heterocycles. The molecule has 0 radical (unpaired) electrons. The fourth-order valence-corrected chi connectivity index (χ4v) is 5.07. The minimum absolute atomic E-state index is 0.0386. The number of hydrogen-bond acceptors (Lipinski definition) is 5. The summed E-state index contributed by atoms with van der Waals surface area (Å²) >= 11 is 0. The van der Waals surface area contributed by atoms with Crippen molar-refractivity contribution in [1.82, 2.24) is 9.21 Å². The molecular formula is C25H25FN2O5S. The minimum atomic E-state index is -3.75. The molecule has 0 unspecified atom stereocenters. The maximum atomic E-state index is 13.2. The van der Waals surface area contributed by atoms with Gasteiger partial charge in [0.2, 0.25) is 10.0 Å². The molecule has 3 aromatic rings. The quantitative estimate of drug-likeness (QED) is 0.508. The van der Waals surface area contributed by atoms with E-state index in [2.05, 4.69) is 0 Å². The number of ether oxygens (including phenoxy) is 2. The number of rotatable bonds is 7. The second-order valence-electron chi connectivity index (χ2n) is 7.77. The highest BCUT2D eigenvalue weighted by atomic mass is 32.2. The summed E-state index contributed by atoms with van der Waals surface area (Å²) in [6.45, 7) is 0.988. The van der Waals surface area contributed by atoms with E-state index in [0.29, 0.717) is 24.5 Å². The van der Waals surface area contributed by atoms with Gasteiger partial charge < -0.3 is 14.4 Å². The van der Waals surface area contributed by atoms with Crippen LogP contribution >= 0.6 is 0 Å². The number of carbonyl (C=O) groups is 1. The summed E-state index contributed by atoms with van der Waals surface area (Å²) < 4.78 is 51.5. The van der Waals surface area contributed by atoms with Crippen LogP contribution in [0.5, 0.6) is 17.2 Å². The van der Waals surface area contributed by atoms with Gasteiger partial charge in [0.15, 0.2) is 6.61 Å². The number of nitrogens with zero attached hydrogens (tertiary/aromatic N) is 2. The van der Waals surface area contributed by atoms with E-state index in [1.165, 1.54) is 16.4 Å². The van der Waals surface area contributed by atoms with Gasteiger partial charge in [0, 0.05) is 26.2 Å². The summed E-state index contributed by atoms with van der Waals surface area (Å²) in [5.74, 6) is 1.20. The van der Waals surface area contributed by atoms with Crippen molar-refractivity contribution in [2.24, 2.45) is 0 Å². The second kappa shape index (κ2) is 10.7. The van der Waals surface area contributed by atoms with Gasteiger partial charge in [0.05, 0.1) is 4.90 Å². The lowest BCUT2D eigenvalue weighted by molar-refractivity contribution is -0.133. The first kappa shape index (κ1) is 23.7. The van der Waals surface area contributed by atoms with Crippen molar-refractivity contribution in [2.45, 2.75) is 11.3 Å². The summed E-state index contributed by atoms with van der Waals surface area (Å²) in [6, 6.07) is 21.1. The van der Waals surface area contributed by atoms with Crippen LogP contribution in [0.3, 0.4) is 0 Å². The van der Waals surface area contributed by atoms with Crippen LogP contribution in [0.2, 0.25) is 0 Å². The van der Waals surface area contributed by atoms with E-state index < -0.39 is 15.8 Å². The van der Waals surface area contributed by atoms with Crippen molar-refractivity contribution in [2.75, 3.05) is 32.8 Å². The van der Waals surface area contributed by atoms with E-state index in [1.807, 2.05) is 30.3 Å². The Bertz CT molecular complexity index is 1200. The summed E-state index contributed by atoms with van der Waals surface area (Å²) in [5.41, 5.74) is 0. The van der Waals surface area contributed by atoms with E-state index in [9.17, 15) is 17.6 Å². The van der Waals surface area contributed by atoms with Gasteiger partial charge in [-0.25, -0.2) is 12.8 Å². The van der Waals surface area contributed by atoms with Gasteiger partial charge in [0.25, 0.3) is 5.91 Å². The third-order valence-electron chi connectivity index (χ3n) is 5.42. The fraction of sp³-hybridized carbons (Fsp3) is 0.240. The Labute approximate surface area is 198 Å². The lowest BCUT2D eigenvalue weighted by Gasteiger charge is -2.22. The number of halogens is 1. The Balaban J connectivity index is 1.29. The number of benzene rings is 3.